The molecule has 2 amide bonds. The van der Waals surface area contributed by atoms with Gasteiger partial charge in [0.05, 0.1) is 12.2 Å². The van der Waals surface area contributed by atoms with E-state index in [0.29, 0.717) is 25.2 Å². The number of rotatable bonds is 2. The maximum absolute atomic E-state index is 13.0. The molecule has 1 aliphatic rings. The van der Waals surface area contributed by atoms with Crippen LogP contribution in [0.2, 0.25) is 0 Å². The average Bonchev–Trinajstić information content (AvgIpc) is 2.92. The summed E-state index contributed by atoms with van der Waals surface area (Å²) in [5.41, 5.74) is 4.47. The molecule has 1 aromatic heterocycles. The molecule has 1 N–H and O–H groups in total. The van der Waals surface area contributed by atoms with Crippen molar-refractivity contribution >= 4 is 17.7 Å². The number of aryl methyl sites for hydroxylation is 2. The molecule has 28 heavy (non-hydrogen) atoms. The predicted molar refractivity (Wildman–Crippen MR) is 107 cm³/mol. The number of ether oxygens (including phenoxy) is 1. The summed E-state index contributed by atoms with van der Waals surface area (Å²) in [6, 6.07) is 5.81. The fourth-order valence-corrected chi connectivity index (χ4v) is 3.34. The molecular formula is C21H28N4O3. The van der Waals surface area contributed by atoms with Crippen molar-refractivity contribution in [2.24, 2.45) is 7.05 Å². The van der Waals surface area contributed by atoms with Gasteiger partial charge in [0.15, 0.2) is 0 Å². The minimum absolute atomic E-state index is 0.226. The first-order chi connectivity index (χ1) is 13.1. The lowest BCUT2D eigenvalue weighted by atomic mass is 10.0. The molecule has 2 heterocycles. The molecule has 0 fully saturated rings. The quantitative estimate of drug-likeness (QED) is 0.859. The van der Waals surface area contributed by atoms with Crippen molar-refractivity contribution in [2.45, 2.75) is 53.2 Å². The van der Waals surface area contributed by atoms with Crippen molar-refractivity contribution in [3.05, 3.63) is 46.3 Å². The van der Waals surface area contributed by atoms with Gasteiger partial charge in [-0.05, 0) is 51.8 Å². The number of anilines is 1. The van der Waals surface area contributed by atoms with Crippen molar-refractivity contribution in [2.75, 3.05) is 11.9 Å². The topological polar surface area (TPSA) is 76.5 Å². The van der Waals surface area contributed by atoms with E-state index >= 15 is 0 Å². The number of aromatic nitrogens is 2. The monoisotopic (exact) mass is 384 g/mol. The molecule has 3 rings (SSSR count). The lowest BCUT2D eigenvalue weighted by Crippen LogP contribution is -2.40. The van der Waals surface area contributed by atoms with Crippen LogP contribution in [-0.4, -0.2) is 38.8 Å². The first-order valence-corrected chi connectivity index (χ1v) is 9.47. The summed E-state index contributed by atoms with van der Waals surface area (Å²) < 4.78 is 7.08. The number of hydrogen-bond donors (Lipinski definition) is 1. The Balaban J connectivity index is 1.85. The minimum Gasteiger partial charge on any atom is -0.444 e. The normalized spacial score (nSPS) is 13.9. The Bertz CT molecular complexity index is 924. The molecule has 0 saturated carbocycles. The maximum Gasteiger partial charge on any atom is 0.410 e. The van der Waals surface area contributed by atoms with Gasteiger partial charge in [-0.1, -0.05) is 12.1 Å². The highest BCUT2D eigenvalue weighted by Gasteiger charge is 2.31. The second kappa shape index (κ2) is 7.30. The van der Waals surface area contributed by atoms with Gasteiger partial charge in [0.25, 0.3) is 5.91 Å². The second-order valence-electron chi connectivity index (χ2n) is 8.25. The number of fused-ring (bicyclic) bond motifs is 1. The summed E-state index contributed by atoms with van der Waals surface area (Å²) in [4.78, 5) is 27.1. The first-order valence-electron chi connectivity index (χ1n) is 9.47. The van der Waals surface area contributed by atoms with Gasteiger partial charge in [0, 0.05) is 31.3 Å². The molecule has 0 bridgehead atoms. The summed E-state index contributed by atoms with van der Waals surface area (Å²) in [7, 11) is 1.76. The summed E-state index contributed by atoms with van der Waals surface area (Å²) in [5, 5.41) is 7.49. The highest BCUT2D eigenvalue weighted by Crippen LogP contribution is 2.25. The lowest BCUT2D eigenvalue weighted by molar-refractivity contribution is 0.0222. The first kappa shape index (κ1) is 19.9. The second-order valence-corrected chi connectivity index (χ2v) is 8.25. The number of nitrogens with one attached hydrogen (secondary N) is 1. The van der Waals surface area contributed by atoms with Gasteiger partial charge >= 0.3 is 6.09 Å². The van der Waals surface area contributed by atoms with Gasteiger partial charge in [0.2, 0.25) is 0 Å². The molecular weight excluding hydrogens is 356 g/mol. The van der Waals surface area contributed by atoms with Crippen LogP contribution in [0.4, 0.5) is 10.5 Å². The number of benzene rings is 1. The Morgan fingerprint density at radius 2 is 1.93 bits per heavy atom. The van der Waals surface area contributed by atoms with Crippen molar-refractivity contribution < 1.29 is 14.3 Å². The van der Waals surface area contributed by atoms with E-state index in [4.69, 9.17) is 4.74 Å². The van der Waals surface area contributed by atoms with Gasteiger partial charge < -0.3 is 15.0 Å². The summed E-state index contributed by atoms with van der Waals surface area (Å²) in [6.07, 6.45) is 0.224. The van der Waals surface area contributed by atoms with Crippen LogP contribution in [0.5, 0.6) is 0 Å². The summed E-state index contributed by atoms with van der Waals surface area (Å²) in [5.74, 6) is -0.226. The van der Waals surface area contributed by atoms with Crippen LogP contribution in [0.1, 0.15) is 53.6 Å². The molecule has 0 aliphatic carbocycles. The summed E-state index contributed by atoms with van der Waals surface area (Å²) in [6.45, 7) is 10.3. The van der Waals surface area contributed by atoms with Crippen molar-refractivity contribution in [3.63, 3.8) is 0 Å². The van der Waals surface area contributed by atoms with Crippen molar-refractivity contribution in [1.29, 1.82) is 0 Å². The van der Waals surface area contributed by atoms with E-state index in [1.54, 1.807) is 16.6 Å². The van der Waals surface area contributed by atoms with E-state index in [-0.39, 0.29) is 12.0 Å². The van der Waals surface area contributed by atoms with Crippen LogP contribution < -0.4 is 5.32 Å². The zero-order valence-electron chi connectivity index (χ0n) is 17.4. The van der Waals surface area contributed by atoms with Crippen LogP contribution in [0, 0.1) is 13.8 Å². The van der Waals surface area contributed by atoms with Crippen LogP contribution in [0.25, 0.3) is 0 Å². The smallest absolute Gasteiger partial charge is 0.410 e. The summed E-state index contributed by atoms with van der Waals surface area (Å²) >= 11 is 0. The van der Waals surface area contributed by atoms with E-state index < -0.39 is 5.60 Å². The highest BCUT2D eigenvalue weighted by molar-refractivity contribution is 6.04. The van der Waals surface area contributed by atoms with Gasteiger partial charge in [-0.25, -0.2) is 4.79 Å². The highest BCUT2D eigenvalue weighted by atomic mass is 16.6. The third kappa shape index (κ3) is 4.03. The number of carbonyl (C=O) groups is 2. The molecule has 2 aromatic rings. The van der Waals surface area contributed by atoms with E-state index in [1.165, 1.54) is 0 Å². The molecule has 0 atom stereocenters. The molecule has 150 valence electrons. The molecule has 0 radical (unpaired) electrons. The number of nitrogens with zero attached hydrogens (tertiary/aromatic N) is 3. The van der Waals surface area contributed by atoms with E-state index in [0.717, 1.165) is 28.1 Å². The fourth-order valence-electron chi connectivity index (χ4n) is 3.34. The van der Waals surface area contributed by atoms with Gasteiger partial charge in [-0.3, -0.25) is 9.48 Å². The Morgan fingerprint density at radius 1 is 1.21 bits per heavy atom. The molecule has 0 unspecified atom stereocenters. The Kier molecular flexibility index (Phi) is 5.19. The number of carbonyl (C=O) groups excluding carboxylic acids is 2. The number of amides is 2. The van der Waals surface area contributed by atoms with Crippen molar-refractivity contribution in [1.82, 2.24) is 14.7 Å². The SMILES string of the molecule is Cc1cccc(NC(=O)c2c3c(nn2C)CCN(C(=O)OC(C)(C)C)C3)c1C. The maximum atomic E-state index is 13.0. The van der Waals surface area contributed by atoms with Gasteiger partial charge in [-0.2, -0.15) is 5.10 Å². The largest absolute Gasteiger partial charge is 0.444 e. The predicted octanol–water partition coefficient (Wildman–Crippen LogP) is 3.58. The van der Waals surface area contributed by atoms with Crippen molar-refractivity contribution in [3.8, 4) is 0 Å². The zero-order chi connectivity index (χ0) is 20.6. The van der Waals surface area contributed by atoms with E-state index in [1.807, 2.05) is 52.8 Å². The Morgan fingerprint density at radius 3 is 2.61 bits per heavy atom. The Hall–Kier alpha value is -2.83. The third-order valence-electron chi connectivity index (χ3n) is 4.92. The molecule has 1 aliphatic heterocycles. The third-order valence-corrected chi connectivity index (χ3v) is 4.92. The van der Waals surface area contributed by atoms with Crippen LogP contribution in [0.15, 0.2) is 18.2 Å². The van der Waals surface area contributed by atoms with E-state index in [9.17, 15) is 9.59 Å². The van der Waals surface area contributed by atoms with Crippen LogP contribution in [0.3, 0.4) is 0 Å². The van der Waals surface area contributed by atoms with Gasteiger partial charge in [-0.15, -0.1) is 0 Å². The van der Waals surface area contributed by atoms with Gasteiger partial charge in [0.1, 0.15) is 11.3 Å². The average molecular weight is 384 g/mol. The van der Waals surface area contributed by atoms with Crippen LogP contribution in [-0.2, 0) is 24.8 Å². The number of hydrogen-bond acceptors (Lipinski definition) is 4. The molecule has 0 saturated heterocycles. The molecule has 1 aromatic carbocycles. The fraction of sp³-hybridized carbons (Fsp3) is 0.476. The molecule has 7 heteroatoms. The zero-order valence-corrected chi connectivity index (χ0v) is 17.4. The molecule has 7 nitrogen and oxygen atoms in total. The standard InChI is InChI=1S/C21H28N4O3/c1-13-8-7-9-16(14(13)2)22-19(26)18-15-12-25(20(27)28-21(3,4)5)11-10-17(15)23-24(18)6/h7-9H,10-12H2,1-6H3,(H,22,26). The Labute approximate surface area is 165 Å². The minimum atomic E-state index is -0.560. The van der Waals surface area contributed by atoms with E-state index in [2.05, 4.69) is 10.4 Å². The molecule has 0 spiro atoms. The van der Waals surface area contributed by atoms with Crippen LogP contribution >= 0.6 is 0 Å². The lowest BCUT2D eigenvalue weighted by Gasteiger charge is -2.29.